The fourth-order valence-electron chi connectivity index (χ4n) is 4.05. The van der Waals surface area contributed by atoms with Crippen LogP contribution in [0.4, 0.5) is 5.69 Å². The number of fused-ring (bicyclic) bond motifs is 6. The Morgan fingerprint density at radius 1 is 0.750 bits per heavy atom. The summed E-state index contributed by atoms with van der Waals surface area (Å²) in [6.45, 7) is 1.90. The van der Waals surface area contributed by atoms with Crippen LogP contribution in [0.3, 0.4) is 0 Å². The lowest BCUT2D eigenvalue weighted by atomic mass is 10.2. The third-order valence-electron chi connectivity index (χ3n) is 5.63. The van der Waals surface area contributed by atoms with Gasteiger partial charge in [-0.05, 0) is 43.3 Å². The predicted molar refractivity (Wildman–Crippen MR) is 124 cm³/mol. The molecule has 156 valence electrons. The van der Waals surface area contributed by atoms with Gasteiger partial charge >= 0.3 is 0 Å². The average Bonchev–Trinajstić information content (AvgIpc) is 3.17. The maximum Gasteiger partial charge on any atom is 0.212 e. The van der Waals surface area contributed by atoms with E-state index in [-0.39, 0.29) is 21.1 Å². The summed E-state index contributed by atoms with van der Waals surface area (Å²) < 4.78 is 29.3. The predicted octanol–water partition coefficient (Wildman–Crippen LogP) is 4.31. The van der Waals surface area contributed by atoms with Crippen molar-refractivity contribution in [1.29, 1.82) is 0 Å². The minimum absolute atomic E-state index is 0.0432. The molecule has 0 saturated heterocycles. The van der Waals surface area contributed by atoms with E-state index in [4.69, 9.17) is 15.7 Å². The van der Waals surface area contributed by atoms with Gasteiger partial charge in [0.2, 0.25) is 9.84 Å². The van der Waals surface area contributed by atoms with Gasteiger partial charge in [-0.1, -0.05) is 42.0 Å². The van der Waals surface area contributed by atoms with Crippen molar-refractivity contribution >= 4 is 54.4 Å². The normalized spacial score (nSPS) is 12.3. The number of nitrogen functional groups attached to an aromatic ring is 1. The van der Waals surface area contributed by atoms with E-state index in [0.717, 1.165) is 11.1 Å². The summed E-state index contributed by atoms with van der Waals surface area (Å²) >= 11 is 0. The van der Waals surface area contributed by atoms with Gasteiger partial charge in [0.05, 0.1) is 32.6 Å². The van der Waals surface area contributed by atoms with Gasteiger partial charge in [-0.25, -0.2) is 23.4 Å². The van der Waals surface area contributed by atoms with Crippen LogP contribution in [0.5, 0.6) is 0 Å². The van der Waals surface area contributed by atoms with E-state index >= 15 is 0 Å². The van der Waals surface area contributed by atoms with E-state index < -0.39 is 9.84 Å². The van der Waals surface area contributed by atoms with Crippen LogP contribution >= 0.6 is 0 Å². The van der Waals surface area contributed by atoms with E-state index in [0.29, 0.717) is 27.7 Å². The van der Waals surface area contributed by atoms with Crippen LogP contribution in [0.2, 0.25) is 0 Å². The second kappa shape index (κ2) is 6.48. The molecule has 0 aliphatic heterocycles. The van der Waals surface area contributed by atoms with Gasteiger partial charge in [-0.15, -0.1) is 0 Å². The van der Waals surface area contributed by atoms with Gasteiger partial charge in [-0.3, -0.25) is 4.40 Å². The summed E-state index contributed by atoms with van der Waals surface area (Å²) in [5.74, 6) is 0. The number of rotatable bonds is 2. The molecular weight excluding hydrogens is 422 g/mol. The fourth-order valence-corrected chi connectivity index (χ4v) is 5.54. The topological polar surface area (TPSA) is 103 Å². The van der Waals surface area contributed by atoms with Crippen molar-refractivity contribution < 1.29 is 8.42 Å². The third-order valence-corrected chi connectivity index (χ3v) is 7.46. The van der Waals surface area contributed by atoms with E-state index in [2.05, 4.69) is 4.98 Å². The van der Waals surface area contributed by atoms with Gasteiger partial charge in [0.15, 0.2) is 11.3 Å². The monoisotopic (exact) mass is 439 g/mol. The van der Waals surface area contributed by atoms with E-state index in [1.54, 1.807) is 28.7 Å². The van der Waals surface area contributed by atoms with Crippen LogP contribution in [0, 0.1) is 6.92 Å². The van der Waals surface area contributed by atoms with Crippen molar-refractivity contribution in [1.82, 2.24) is 19.4 Å². The molecule has 7 nitrogen and oxygen atoms in total. The molecule has 0 unspecified atom stereocenters. The first-order chi connectivity index (χ1) is 15.4. The smallest absolute Gasteiger partial charge is 0.212 e. The summed E-state index contributed by atoms with van der Waals surface area (Å²) in [6, 6.07) is 21.6. The average molecular weight is 440 g/mol. The zero-order valence-corrected chi connectivity index (χ0v) is 17.8. The van der Waals surface area contributed by atoms with Gasteiger partial charge in [0.1, 0.15) is 10.4 Å². The zero-order valence-electron chi connectivity index (χ0n) is 17.0. The number of aryl methyl sites for hydroxylation is 1. The summed E-state index contributed by atoms with van der Waals surface area (Å²) in [6.07, 6.45) is 0. The van der Waals surface area contributed by atoms with Crippen LogP contribution in [-0.2, 0) is 9.84 Å². The number of imidazole rings is 1. The molecule has 0 aliphatic carbocycles. The summed E-state index contributed by atoms with van der Waals surface area (Å²) in [7, 11) is -3.98. The Labute approximate surface area is 183 Å². The van der Waals surface area contributed by atoms with Gasteiger partial charge in [-0.2, -0.15) is 0 Å². The van der Waals surface area contributed by atoms with Crippen LogP contribution in [0.1, 0.15) is 5.56 Å². The number of nitrogens with zero attached hydrogens (tertiary/aromatic N) is 4. The molecule has 3 heterocycles. The van der Waals surface area contributed by atoms with Crippen molar-refractivity contribution in [3.63, 3.8) is 0 Å². The van der Waals surface area contributed by atoms with E-state index in [1.807, 2.05) is 55.5 Å². The molecule has 6 rings (SSSR count). The standard InChI is InChI=1S/C24H17N5O2S/c1-14-10-12-15(13-11-14)32(30,31)22-20(25)21-23(27-17-7-3-2-6-16(17)26-21)29-19-9-5-4-8-18(19)28-24(22)29/h2-13H,25H2,1H3. The molecular formula is C24H17N5O2S. The molecule has 0 radical (unpaired) electrons. The minimum atomic E-state index is -3.98. The first-order valence-electron chi connectivity index (χ1n) is 10.0. The SMILES string of the molecule is Cc1ccc(S(=O)(=O)c2c(N)c3nc4ccccc4nc3n3c2nc2ccccc23)cc1. The molecule has 0 bridgehead atoms. The minimum Gasteiger partial charge on any atom is -0.396 e. The lowest BCUT2D eigenvalue weighted by Crippen LogP contribution is -2.11. The Kier molecular flexibility index (Phi) is 3.79. The number of benzene rings is 3. The van der Waals surface area contributed by atoms with Crippen molar-refractivity contribution in [2.75, 3.05) is 5.73 Å². The van der Waals surface area contributed by atoms with Crippen LogP contribution in [-0.4, -0.2) is 27.8 Å². The summed E-state index contributed by atoms with van der Waals surface area (Å²) in [5, 5.41) is 0. The Morgan fingerprint density at radius 3 is 2.06 bits per heavy atom. The van der Waals surface area contributed by atoms with Crippen LogP contribution in [0.15, 0.2) is 82.6 Å². The molecule has 0 fully saturated rings. The Balaban J connectivity index is 1.85. The maximum absolute atomic E-state index is 13.8. The van der Waals surface area contributed by atoms with Gasteiger partial charge < -0.3 is 5.73 Å². The Bertz CT molecular complexity index is 1810. The van der Waals surface area contributed by atoms with Crippen molar-refractivity contribution in [2.24, 2.45) is 0 Å². The molecule has 0 aliphatic rings. The number of pyridine rings is 1. The highest BCUT2D eigenvalue weighted by atomic mass is 32.2. The van der Waals surface area contributed by atoms with E-state index in [9.17, 15) is 8.42 Å². The second-order valence-corrected chi connectivity index (χ2v) is 9.59. The number of aromatic nitrogens is 4. The van der Waals surface area contributed by atoms with Crippen LogP contribution < -0.4 is 5.73 Å². The van der Waals surface area contributed by atoms with Crippen molar-refractivity contribution in [3.8, 4) is 0 Å². The molecule has 3 aromatic carbocycles. The van der Waals surface area contributed by atoms with Gasteiger partial charge in [0.25, 0.3) is 0 Å². The summed E-state index contributed by atoms with van der Waals surface area (Å²) in [4.78, 5) is 14.2. The first kappa shape index (κ1) is 18.7. The lowest BCUT2D eigenvalue weighted by molar-refractivity contribution is 0.597. The molecule has 3 aromatic heterocycles. The molecule has 8 heteroatoms. The molecule has 0 saturated carbocycles. The molecule has 32 heavy (non-hydrogen) atoms. The highest BCUT2D eigenvalue weighted by Crippen LogP contribution is 2.36. The number of sulfone groups is 1. The quantitative estimate of drug-likeness (QED) is 0.403. The largest absolute Gasteiger partial charge is 0.396 e. The van der Waals surface area contributed by atoms with Crippen LogP contribution in [0.25, 0.3) is 38.9 Å². The maximum atomic E-state index is 13.8. The Morgan fingerprint density at radius 2 is 1.34 bits per heavy atom. The number of anilines is 1. The van der Waals surface area contributed by atoms with Crippen molar-refractivity contribution in [2.45, 2.75) is 16.7 Å². The first-order valence-corrected chi connectivity index (χ1v) is 11.5. The lowest BCUT2D eigenvalue weighted by Gasteiger charge is -2.13. The molecule has 0 amide bonds. The summed E-state index contributed by atoms with van der Waals surface area (Å²) in [5.41, 5.74) is 11.3. The highest BCUT2D eigenvalue weighted by Gasteiger charge is 2.29. The molecule has 0 atom stereocenters. The molecule has 6 aromatic rings. The van der Waals surface area contributed by atoms with E-state index in [1.165, 1.54) is 0 Å². The number of hydrogen-bond donors (Lipinski definition) is 1. The number of hydrogen-bond acceptors (Lipinski definition) is 6. The fraction of sp³-hybridized carbons (Fsp3) is 0.0417. The van der Waals surface area contributed by atoms with Crippen molar-refractivity contribution in [3.05, 3.63) is 78.4 Å². The molecule has 2 N–H and O–H groups in total. The molecule has 0 spiro atoms. The third kappa shape index (κ3) is 2.53. The number of nitrogens with two attached hydrogens (primary N) is 1. The second-order valence-electron chi connectivity index (χ2n) is 7.70. The highest BCUT2D eigenvalue weighted by molar-refractivity contribution is 7.91. The zero-order chi connectivity index (χ0) is 22.0. The van der Waals surface area contributed by atoms with Gasteiger partial charge in [0, 0.05) is 0 Å². The Hall–Kier alpha value is -4.04. The number of para-hydroxylation sites is 4.